The third kappa shape index (κ3) is 6.47. The Kier molecular flexibility index (Phi) is 8.93. The fraction of sp³-hybridized carbons (Fsp3) is 0.310. The summed E-state index contributed by atoms with van der Waals surface area (Å²) in [5.74, 6) is -0.272. The third-order valence-electron chi connectivity index (χ3n) is 6.81. The van der Waals surface area contributed by atoms with Crippen LogP contribution in [-0.2, 0) is 5.60 Å². The number of benzene rings is 3. The average Bonchev–Trinajstić information content (AvgIpc) is 2.92. The Hall–Kier alpha value is -3.12. The maximum absolute atomic E-state index is 12.2. The smallest absolute Gasteiger partial charge is 0.251 e. The van der Waals surface area contributed by atoms with Gasteiger partial charge in [0.1, 0.15) is 6.07 Å². The summed E-state index contributed by atoms with van der Waals surface area (Å²) in [5.41, 5.74) is 2.39. The molecular formula is C29H30Cl2N4O3. The number of hydrogen-bond donors (Lipinski definition) is 3. The number of hydrogen-bond acceptors (Lipinski definition) is 6. The van der Waals surface area contributed by atoms with Crippen LogP contribution < -0.4 is 10.2 Å². The van der Waals surface area contributed by atoms with E-state index in [-0.39, 0.29) is 25.1 Å². The molecule has 9 heteroatoms. The lowest BCUT2D eigenvalue weighted by Crippen LogP contribution is -2.52. The van der Waals surface area contributed by atoms with E-state index in [2.05, 4.69) is 21.2 Å². The highest BCUT2D eigenvalue weighted by Gasteiger charge is 2.34. The van der Waals surface area contributed by atoms with E-state index < -0.39 is 5.60 Å². The van der Waals surface area contributed by atoms with E-state index in [1.54, 1.807) is 43.3 Å². The van der Waals surface area contributed by atoms with Gasteiger partial charge < -0.3 is 20.4 Å². The minimum Gasteiger partial charge on any atom is -0.395 e. The number of β-amino-alcohol motifs (C(OH)–C–C–N with tert-alkyl or cyclic N) is 1. The second-order valence-corrected chi connectivity index (χ2v) is 10.5. The zero-order chi connectivity index (χ0) is 27.3. The number of nitrogens with one attached hydrogen (secondary N) is 1. The van der Waals surface area contributed by atoms with Crippen molar-refractivity contribution >= 4 is 34.8 Å². The number of carbonyl (C=O) groups is 1. The lowest BCUT2D eigenvalue weighted by Gasteiger charge is -2.45. The molecule has 198 valence electrons. The molecule has 1 amide bonds. The van der Waals surface area contributed by atoms with Crippen molar-refractivity contribution in [3.63, 3.8) is 0 Å². The van der Waals surface area contributed by atoms with Crippen LogP contribution in [0.2, 0.25) is 10.0 Å². The van der Waals surface area contributed by atoms with Gasteiger partial charge in [0, 0.05) is 48.3 Å². The summed E-state index contributed by atoms with van der Waals surface area (Å²) in [6, 6.07) is 22.1. The fourth-order valence-electron chi connectivity index (χ4n) is 4.87. The number of carbonyl (C=O) groups excluding carboxylic acids is 1. The summed E-state index contributed by atoms with van der Waals surface area (Å²) in [5, 5.41) is 33.9. The van der Waals surface area contributed by atoms with Crippen molar-refractivity contribution in [1.82, 2.24) is 10.2 Å². The summed E-state index contributed by atoms with van der Waals surface area (Å²) < 4.78 is 0. The van der Waals surface area contributed by atoms with Crippen LogP contribution in [0.25, 0.3) is 0 Å². The van der Waals surface area contributed by atoms with E-state index in [1.807, 2.05) is 30.3 Å². The maximum atomic E-state index is 12.2. The lowest BCUT2D eigenvalue weighted by molar-refractivity contribution is 0.0103. The molecular weight excluding hydrogens is 523 g/mol. The number of nitriles is 1. The maximum Gasteiger partial charge on any atom is 0.251 e. The van der Waals surface area contributed by atoms with E-state index in [9.17, 15) is 15.2 Å². The molecule has 7 nitrogen and oxygen atoms in total. The highest BCUT2D eigenvalue weighted by atomic mass is 35.5. The zero-order valence-electron chi connectivity index (χ0n) is 21.1. The number of anilines is 1. The van der Waals surface area contributed by atoms with Crippen LogP contribution in [0.15, 0.2) is 66.7 Å². The van der Waals surface area contributed by atoms with Crippen molar-refractivity contribution in [2.45, 2.75) is 18.6 Å². The second kappa shape index (κ2) is 12.2. The first-order valence-corrected chi connectivity index (χ1v) is 13.1. The van der Waals surface area contributed by atoms with Crippen molar-refractivity contribution in [1.29, 1.82) is 5.26 Å². The Morgan fingerprint density at radius 1 is 1.08 bits per heavy atom. The van der Waals surface area contributed by atoms with Crippen molar-refractivity contribution < 1.29 is 15.0 Å². The minimum atomic E-state index is -1.16. The molecule has 0 unspecified atom stereocenters. The molecule has 4 rings (SSSR count). The molecule has 1 fully saturated rings. The predicted molar refractivity (Wildman–Crippen MR) is 150 cm³/mol. The number of nitrogens with zero attached hydrogens (tertiary/aromatic N) is 3. The summed E-state index contributed by atoms with van der Waals surface area (Å²) in [6.07, 6.45) is 0. The normalized spacial score (nSPS) is 17.5. The molecule has 1 saturated heterocycles. The van der Waals surface area contributed by atoms with Gasteiger partial charge in [0.05, 0.1) is 29.5 Å². The van der Waals surface area contributed by atoms with Gasteiger partial charge in [0.15, 0.2) is 0 Å². The van der Waals surface area contributed by atoms with E-state index >= 15 is 0 Å². The fourth-order valence-corrected chi connectivity index (χ4v) is 5.17. The Morgan fingerprint density at radius 2 is 1.76 bits per heavy atom. The molecule has 0 aliphatic carbocycles. The number of aliphatic hydroxyl groups excluding tert-OH is 1. The lowest BCUT2D eigenvalue weighted by atomic mass is 9.93. The molecule has 0 aromatic heterocycles. The van der Waals surface area contributed by atoms with Crippen LogP contribution in [0.5, 0.6) is 0 Å². The third-order valence-corrected chi connectivity index (χ3v) is 7.29. The summed E-state index contributed by atoms with van der Waals surface area (Å²) in [6.45, 7) is 4.15. The van der Waals surface area contributed by atoms with Gasteiger partial charge in [-0.1, -0.05) is 47.5 Å². The van der Waals surface area contributed by atoms with Crippen molar-refractivity contribution in [3.05, 3.63) is 99.0 Å². The standard InChI is InChI=1S/C29H30Cl2N4O3/c1-29(38,23-6-2-21(3-7-23)28(37)33-12-15-36)19-34-13-14-35(26-11-10-25(31)16-22(26)17-32)27(18-34)20-4-8-24(30)9-5-20/h2-11,16,27,36,38H,12-15,18-19H2,1H3,(H,33,37)/t27-,29+/m0/s1. The molecule has 3 aromatic carbocycles. The molecule has 3 aromatic rings. The molecule has 0 radical (unpaired) electrons. The van der Waals surface area contributed by atoms with Gasteiger partial charge in [0.25, 0.3) is 5.91 Å². The molecule has 3 N–H and O–H groups in total. The van der Waals surface area contributed by atoms with Crippen LogP contribution in [0.3, 0.4) is 0 Å². The van der Waals surface area contributed by atoms with Gasteiger partial charge in [-0.3, -0.25) is 9.69 Å². The zero-order valence-corrected chi connectivity index (χ0v) is 22.6. The van der Waals surface area contributed by atoms with Crippen molar-refractivity contribution in [2.75, 3.05) is 44.2 Å². The van der Waals surface area contributed by atoms with Crippen molar-refractivity contribution in [2.24, 2.45) is 0 Å². The minimum absolute atomic E-state index is 0.0808. The molecule has 1 aliphatic heterocycles. The molecule has 38 heavy (non-hydrogen) atoms. The molecule has 1 aliphatic rings. The summed E-state index contributed by atoms with van der Waals surface area (Å²) in [7, 11) is 0. The van der Waals surface area contributed by atoms with E-state index in [4.69, 9.17) is 28.3 Å². The highest BCUT2D eigenvalue weighted by molar-refractivity contribution is 6.31. The van der Waals surface area contributed by atoms with Gasteiger partial charge in [0.2, 0.25) is 0 Å². The quantitative estimate of drug-likeness (QED) is 0.384. The summed E-state index contributed by atoms with van der Waals surface area (Å²) >= 11 is 12.3. The van der Waals surface area contributed by atoms with Gasteiger partial charge in [-0.05, 0) is 60.5 Å². The Labute approximate surface area is 232 Å². The highest BCUT2D eigenvalue weighted by Crippen LogP contribution is 2.35. The first-order valence-electron chi connectivity index (χ1n) is 12.4. The molecule has 0 bridgehead atoms. The first kappa shape index (κ1) is 27.9. The van der Waals surface area contributed by atoms with E-state index in [0.717, 1.165) is 11.3 Å². The molecule has 1 heterocycles. The SMILES string of the molecule is C[C@@](O)(CN1CCN(c2ccc(Cl)cc2C#N)[C@H](c2ccc(Cl)cc2)C1)c1ccc(C(=O)NCCO)cc1. The first-order chi connectivity index (χ1) is 18.2. The van der Waals surface area contributed by atoms with Gasteiger partial charge in [-0.15, -0.1) is 0 Å². The van der Waals surface area contributed by atoms with Crippen LogP contribution in [0.4, 0.5) is 5.69 Å². The van der Waals surface area contributed by atoms with E-state index in [1.165, 1.54) is 0 Å². The number of amides is 1. The number of piperazine rings is 1. The number of halogens is 2. The Balaban J connectivity index is 1.55. The second-order valence-electron chi connectivity index (χ2n) is 9.60. The number of rotatable bonds is 8. The average molecular weight is 553 g/mol. The topological polar surface area (TPSA) is 99.8 Å². The van der Waals surface area contributed by atoms with Gasteiger partial charge in [-0.2, -0.15) is 5.26 Å². The van der Waals surface area contributed by atoms with Crippen molar-refractivity contribution in [3.8, 4) is 6.07 Å². The molecule has 0 saturated carbocycles. The van der Waals surface area contributed by atoms with Gasteiger partial charge in [-0.25, -0.2) is 0 Å². The number of aliphatic hydroxyl groups is 2. The monoisotopic (exact) mass is 552 g/mol. The molecule has 0 spiro atoms. The van der Waals surface area contributed by atoms with Crippen LogP contribution >= 0.6 is 23.2 Å². The van der Waals surface area contributed by atoms with Crippen LogP contribution in [0.1, 0.15) is 40.0 Å². The largest absolute Gasteiger partial charge is 0.395 e. The summed E-state index contributed by atoms with van der Waals surface area (Å²) in [4.78, 5) is 16.6. The van der Waals surface area contributed by atoms with E-state index in [0.29, 0.717) is 52.9 Å². The Bertz CT molecular complexity index is 1310. The van der Waals surface area contributed by atoms with Crippen LogP contribution in [0, 0.1) is 11.3 Å². The Morgan fingerprint density at radius 3 is 2.42 bits per heavy atom. The predicted octanol–water partition coefficient (Wildman–Crippen LogP) is 4.36. The van der Waals surface area contributed by atoms with Crippen LogP contribution in [-0.4, -0.2) is 60.4 Å². The molecule has 2 atom stereocenters. The van der Waals surface area contributed by atoms with Gasteiger partial charge >= 0.3 is 0 Å².